The molecule has 0 fully saturated rings. The zero-order valence-corrected chi connectivity index (χ0v) is 8.81. The molecule has 1 unspecified atom stereocenters. The van der Waals surface area contributed by atoms with Gasteiger partial charge < -0.3 is 20.4 Å². The highest BCUT2D eigenvalue weighted by Gasteiger charge is 2.33. The lowest BCUT2D eigenvalue weighted by Crippen LogP contribution is -2.32. The molecule has 1 atom stereocenters. The van der Waals surface area contributed by atoms with Crippen molar-refractivity contribution in [2.45, 2.75) is 11.7 Å². The lowest BCUT2D eigenvalue weighted by Gasteiger charge is -2.08. The number of aliphatic carboxylic acids is 1. The van der Waals surface area contributed by atoms with Crippen LogP contribution in [0.15, 0.2) is 0 Å². The summed E-state index contributed by atoms with van der Waals surface area (Å²) in [5.74, 6) is -2.98. The van der Waals surface area contributed by atoms with Gasteiger partial charge in [0.05, 0.1) is 13.0 Å². The number of rotatable bonds is 6. The van der Waals surface area contributed by atoms with E-state index in [4.69, 9.17) is 14.8 Å². The Hall–Kier alpha value is -1.23. The van der Waals surface area contributed by atoms with Gasteiger partial charge in [-0.05, 0) is 0 Å². The van der Waals surface area contributed by atoms with Crippen LogP contribution in [0.3, 0.4) is 0 Å². The Morgan fingerprint density at radius 3 is 2.12 bits per heavy atom. The molecule has 0 aliphatic carbocycles. The third-order valence-electron chi connectivity index (χ3n) is 1.34. The number of carboxylic acid groups (broad SMARTS) is 1. The average Bonchev–Trinajstić information content (AvgIpc) is 2.08. The van der Waals surface area contributed by atoms with Crippen LogP contribution in [0, 0.1) is 0 Å². The summed E-state index contributed by atoms with van der Waals surface area (Å²) in [6.45, 7) is -0.827. The molecule has 0 aromatic heterocycles. The predicted octanol–water partition coefficient (Wildman–Crippen LogP) is -2.57. The second-order valence-corrected chi connectivity index (χ2v) is 4.09. The number of carboxylic acids is 1. The van der Waals surface area contributed by atoms with Gasteiger partial charge in [0.25, 0.3) is 10.1 Å². The predicted molar refractivity (Wildman–Crippen MR) is 49.2 cm³/mol. The second kappa shape index (κ2) is 7.11. The Labute approximate surface area is 90.7 Å². The molecular weight excluding hydrogens is 248 g/mol. The van der Waals surface area contributed by atoms with Crippen molar-refractivity contribution in [1.29, 1.82) is 0 Å². The van der Waals surface area contributed by atoms with Crippen molar-refractivity contribution in [1.82, 2.24) is 0 Å². The SMILES string of the molecule is O.O=C(CC(C(=O)O)S(=O)(=O)O)OCCO. The third-order valence-corrected chi connectivity index (χ3v) is 2.43. The molecule has 0 saturated carbocycles. The van der Waals surface area contributed by atoms with E-state index < -0.39 is 40.3 Å². The number of carbonyl (C=O) groups is 2. The summed E-state index contributed by atoms with van der Waals surface area (Å²) in [5, 5.41) is 14.4. The molecule has 96 valence electrons. The van der Waals surface area contributed by atoms with Gasteiger partial charge in [-0.2, -0.15) is 8.42 Å². The van der Waals surface area contributed by atoms with Crippen molar-refractivity contribution >= 4 is 22.1 Å². The summed E-state index contributed by atoms with van der Waals surface area (Å²) in [5.41, 5.74) is 0. The number of aliphatic hydroxyl groups is 1. The molecule has 0 saturated heterocycles. The lowest BCUT2D eigenvalue weighted by molar-refractivity contribution is -0.148. The van der Waals surface area contributed by atoms with Crippen molar-refractivity contribution in [2.75, 3.05) is 13.2 Å². The fourth-order valence-electron chi connectivity index (χ4n) is 0.690. The molecule has 0 rings (SSSR count). The van der Waals surface area contributed by atoms with E-state index in [0.29, 0.717) is 0 Å². The van der Waals surface area contributed by atoms with Gasteiger partial charge in [-0.25, -0.2) is 0 Å². The average molecular weight is 260 g/mol. The first kappa shape index (κ1) is 17.2. The van der Waals surface area contributed by atoms with Crippen LogP contribution >= 0.6 is 0 Å². The molecule has 0 aromatic carbocycles. The molecule has 0 amide bonds. The Morgan fingerprint density at radius 1 is 1.31 bits per heavy atom. The number of esters is 1. The molecule has 5 N–H and O–H groups in total. The Bertz CT molecular complexity index is 332. The van der Waals surface area contributed by atoms with E-state index in [9.17, 15) is 18.0 Å². The van der Waals surface area contributed by atoms with Crippen LogP contribution in [0.1, 0.15) is 6.42 Å². The summed E-state index contributed by atoms with van der Waals surface area (Å²) < 4.78 is 33.7. The van der Waals surface area contributed by atoms with Crippen LogP contribution in [0.25, 0.3) is 0 Å². The molecule has 0 spiro atoms. The fraction of sp³-hybridized carbons (Fsp3) is 0.667. The number of hydrogen-bond donors (Lipinski definition) is 3. The van der Waals surface area contributed by atoms with Crippen molar-refractivity contribution < 1.29 is 43.0 Å². The van der Waals surface area contributed by atoms with Gasteiger partial charge >= 0.3 is 11.9 Å². The molecule has 9 nitrogen and oxygen atoms in total. The van der Waals surface area contributed by atoms with Gasteiger partial charge in [-0.15, -0.1) is 0 Å². The maximum atomic E-state index is 10.8. The minimum Gasteiger partial charge on any atom is -0.480 e. The van der Waals surface area contributed by atoms with Gasteiger partial charge in [0.15, 0.2) is 5.25 Å². The van der Waals surface area contributed by atoms with Gasteiger partial charge in [0.2, 0.25) is 0 Å². The summed E-state index contributed by atoms with van der Waals surface area (Å²) in [6.07, 6.45) is -1.01. The Morgan fingerprint density at radius 2 is 1.81 bits per heavy atom. The zero-order valence-electron chi connectivity index (χ0n) is 7.99. The van der Waals surface area contributed by atoms with Crippen LogP contribution in [0.5, 0.6) is 0 Å². The topological polar surface area (TPSA) is 170 Å². The van der Waals surface area contributed by atoms with E-state index >= 15 is 0 Å². The van der Waals surface area contributed by atoms with Gasteiger partial charge in [0, 0.05) is 0 Å². The van der Waals surface area contributed by atoms with Gasteiger partial charge in [-0.1, -0.05) is 0 Å². The van der Waals surface area contributed by atoms with Crippen LogP contribution in [0.4, 0.5) is 0 Å². The molecule has 10 heteroatoms. The summed E-state index contributed by atoms with van der Waals surface area (Å²) in [7, 11) is -4.85. The first-order valence-electron chi connectivity index (χ1n) is 3.74. The van der Waals surface area contributed by atoms with Crippen LogP contribution in [-0.2, 0) is 24.4 Å². The van der Waals surface area contributed by atoms with Crippen LogP contribution < -0.4 is 0 Å². The van der Waals surface area contributed by atoms with E-state index in [2.05, 4.69) is 4.74 Å². The maximum absolute atomic E-state index is 10.8. The second-order valence-electron chi connectivity index (χ2n) is 2.49. The fourth-order valence-corrected chi connectivity index (χ4v) is 1.29. The molecule has 0 radical (unpaired) electrons. The number of carbonyl (C=O) groups excluding carboxylic acids is 1. The van der Waals surface area contributed by atoms with E-state index in [1.165, 1.54) is 0 Å². The van der Waals surface area contributed by atoms with E-state index in [-0.39, 0.29) is 12.1 Å². The van der Waals surface area contributed by atoms with E-state index in [0.717, 1.165) is 0 Å². The molecule has 16 heavy (non-hydrogen) atoms. The van der Waals surface area contributed by atoms with Crippen molar-refractivity contribution in [3.8, 4) is 0 Å². The van der Waals surface area contributed by atoms with E-state index in [1.54, 1.807) is 0 Å². The van der Waals surface area contributed by atoms with Crippen molar-refractivity contribution in [3.63, 3.8) is 0 Å². The monoisotopic (exact) mass is 260 g/mol. The summed E-state index contributed by atoms with van der Waals surface area (Å²) >= 11 is 0. The molecule has 0 aromatic rings. The molecule has 0 heterocycles. The minimum absolute atomic E-state index is 0. The van der Waals surface area contributed by atoms with Crippen molar-refractivity contribution in [2.24, 2.45) is 0 Å². The summed E-state index contributed by atoms with van der Waals surface area (Å²) in [4.78, 5) is 21.2. The lowest BCUT2D eigenvalue weighted by atomic mass is 10.3. The highest BCUT2D eigenvalue weighted by atomic mass is 32.2. The van der Waals surface area contributed by atoms with Gasteiger partial charge in [-0.3, -0.25) is 14.1 Å². The Kier molecular flexibility index (Phi) is 7.63. The molecule has 0 aliphatic heterocycles. The molecule has 0 aliphatic rings. The van der Waals surface area contributed by atoms with Crippen LogP contribution in [0.2, 0.25) is 0 Å². The van der Waals surface area contributed by atoms with Crippen molar-refractivity contribution in [3.05, 3.63) is 0 Å². The number of ether oxygens (including phenoxy) is 1. The first-order chi connectivity index (χ1) is 6.79. The highest BCUT2D eigenvalue weighted by molar-refractivity contribution is 7.87. The Balaban J connectivity index is 0. The quantitative estimate of drug-likeness (QED) is 0.345. The number of aliphatic hydroxyl groups excluding tert-OH is 1. The highest BCUT2D eigenvalue weighted by Crippen LogP contribution is 2.06. The minimum atomic E-state index is -4.85. The standard InChI is InChI=1S/C6H10O8S.H2O/c7-1-2-14-5(8)3-4(6(9)10)15(11,12)13;/h4,7H,1-3H2,(H,9,10)(H,11,12,13);1H2. The largest absolute Gasteiger partial charge is 0.480 e. The normalized spacial score (nSPS) is 12.4. The van der Waals surface area contributed by atoms with E-state index in [1.807, 2.05) is 0 Å². The third kappa shape index (κ3) is 6.29. The van der Waals surface area contributed by atoms with Crippen LogP contribution in [-0.4, -0.2) is 59.1 Å². The van der Waals surface area contributed by atoms with Gasteiger partial charge in [0.1, 0.15) is 6.61 Å². The first-order valence-corrected chi connectivity index (χ1v) is 5.25. The molecular formula is C6H12O9S. The molecule has 0 bridgehead atoms. The number of hydrogen-bond acceptors (Lipinski definition) is 6. The maximum Gasteiger partial charge on any atom is 0.325 e. The summed E-state index contributed by atoms with van der Waals surface area (Å²) in [6, 6.07) is 0. The smallest absolute Gasteiger partial charge is 0.325 e. The zero-order chi connectivity index (χ0) is 12.1.